The largest absolute Gasteiger partial charge is 0.455 e. The van der Waals surface area contributed by atoms with Crippen LogP contribution in [0.4, 0.5) is 4.39 Å². The Kier molecular flexibility index (Phi) is 2.24. The van der Waals surface area contributed by atoms with Crippen LogP contribution in [0, 0.1) is 5.82 Å². The maximum Gasteiger partial charge on any atom is 0.170 e. The normalized spacial score (nSPS) is 28.3. The number of hydrogen-bond donors (Lipinski definition) is 1. The number of hydrogen-bond acceptors (Lipinski definition) is 3. The van der Waals surface area contributed by atoms with Crippen molar-refractivity contribution in [2.75, 3.05) is 7.11 Å². The van der Waals surface area contributed by atoms with Gasteiger partial charge in [0.25, 0.3) is 0 Å². The number of benzene rings is 1. The Bertz CT molecular complexity index is 555. The first-order valence-corrected chi connectivity index (χ1v) is 5.56. The van der Waals surface area contributed by atoms with E-state index in [9.17, 15) is 9.50 Å². The van der Waals surface area contributed by atoms with E-state index in [4.69, 9.17) is 9.15 Å². The predicted octanol–water partition coefficient (Wildman–Crippen LogP) is 2.57. The van der Waals surface area contributed by atoms with Crippen molar-refractivity contribution in [1.29, 1.82) is 0 Å². The third-order valence-corrected chi connectivity index (χ3v) is 3.42. The number of para-hydroxylation sites is 1. The van der Waals surface area contributed by atoms with E-state index in [1.165, 1.54) is 6.07 Å². The molecule has 3 rings (SSSR count). The fourth-order valence-electron chi connectivity index (χ4n) is 2.32. The molecule has 0 saturated heterocycles. The Labute approximate surface area is 97.8 Å². The van der Waals surface area contributed by atoms with Gasteiger partial charge in [-0.3, -0.25) is 0 Å². The predicted molar refractivity (Wildman–Crippen MR) is 60.1 cm³/mol. The van der Waals surface area contributed by atoms with E-state index >= 15 is 0 Å². The van der Waals surface area contributed by atoms with Gasteiger partial charge in [0.05, 0.1) is 6.10 Å². The van der Waals surface area contributed by atoms with Gasteiger partial charge in [-0.25, -0.2) is 4.39 Å². The van der Waals surface area contributed by atoms with Crippen molar-refractivity contribution in [3.05, 3.63) is 35.8 Å². The molecule has 1 aromatic carbocycles. The van der Waals surface area contributed by atoms with E-state index in [0.717, 1.165) is 0 Å². The van der Waals surface area contributed by atoms with Crippen molar-refractivity contribution in [1.82, 2.24) is 0 Å². The van der Waals surface area contributed by atoms with Crippen molar-refractivity contribution < 1.29 is 18.7 Å². The van der Waals surface area contributed by atoms with E-state index in [1.807, 2.05) is 0 Å². The second kappa shape index (κ2) is 3.55. The Balaban J connectivity index is 1.99. The minimum atomic E-state index is -1.01. The molecule has 0 aliphatic heterocycles. The number of aliphatic hydroxyl groups is 1. The van der Waals surface area contributed by atoms with Gasteiger partial charge in [0.15, 0.2) is 11.4 Å². The van der Waals surface area contributed by atoms with Crippen LogP contribution in [0.1, 0.15) is 18.6 Å². The second-order valence-electron chi connectivity index (χ2n) is 4.57. The minimum absolute atomic E-state index is 0.0538. The smallest absolute Gasteiger partial charge is 0.170 e. The zero-order chi connectivity index (χ0) is 12.0. The van der Waals surface area contributed by atoms with Crippen LogP contribution >= 0.6 is 0 Å². The van der Waals surface area contributed by atoms with Crippen LogP contribution in [0.3, 0.4) is 0 Å². The maximum absolute atomic E-state index is 13.5. The molecule has 17 heavy (non-hydrogen) atoms. The van der Waals surface area contributed by atoms with Crippen LogP contribution in [0.2, 0.25) is 0 Å². The van der Waals surface area contributed by atoms with Gasteiger partial charge in [0.1, 0.15) is 11.4 Å². The van der Waals surface area contributed by atoms with Crippen molar-refractivity contribution in [2.24, 2.45) is 0 Å². The highest BCUT2D eigenvalue weighted by Crippen LogP contribution is 2.44. The highest BCUT2D eigenvalue weighted by molar-refractivity contribution is 5.78. The third-order valence-electron chi connectivity index (χ3n) is 3.42. The summed E-state index contributed by atoms with van der Waals surface area (Å²) in [5.74, 6) is 0.0193. The monoisotopic (exact) mass is 236 g/mol. The fourth-order valence-corrected chi connectivity index (χ4v) is 2.32. The standard InChI is InChI=1S/C13H13FO3/c1-16-9-6-13(15,7-9)11-5-8-3-2-4-10(14)12(8)17-11/h2-5,9,15H,6-7H2,1H3. The molecular formula is C13H13FO3. The van der Waals surface area contributed by atoms with Crippen molar-refractivity contribution in [2.45, 2.75) is 24.5 Å². The van der Waals surface area contributed by atoms with Crippen LogP contribution in [-0.4, -0.2) is 18.3 Å². The number of halogens is 1. The Morgan fingerprint density at radius 1 is 1.47 bits per heavy atom. The number of rotatable bonds is 2. The Hall–Kier alpha value is -1.39. The summed E-state index contributed by atoms with van der Waals surface area (Å²) in [6, 6.07) is 6.43. The van der Waals surface area contributed by atoms with E-state index in [0.29, 0.717) is 24.0 Å². The molecule has 1 aromatic heterocycles. The minimum Gasteiger partial charge on any atom is -0.455 e. The molecule has 1 fully saturated rings. The summed E-state index contributed by atoms with van der Waals surface area (Å²) in [4.78, 5) is 0. The van der Waals surface area contributed by atoms with Gasteiger partial charge in [-0.1, -0.05) is 12.1 Å². The number of methoxy groups -OCH3 is 1. The molecule has 1 N–H and O–H groups in total. The van der Waals surface area contributed by atoms with Crippen LogP contribution in [-0.2, 0) is 10.3 Å². The topological polar surface area (TPSA) is 42.6 Å². The molecule has 0 radical (unpaired) electrons. The SMILES string of the molecule is COC1CC(O)(c2cc3cccc(F)c3o2)C1. The molecule has 90 valence electrons. The fraction of sp³-hybridized carbons (Fsp3) is 0.385. The lowest BCUT2D eigenvalue weighted by molar-refractivity contribution is -0.142. The molecule has 0 unspecified atom stereocenters. The van der Waals surface area contributed by atoms with E-state index in [2.05, 4.69) is 0 Å². The van der Waals surface area contributed by atoms with Crippen LogP contribution in [0.5, 0.6) is 0 Å². The summed E-state index contributed by atoms with van der Waals surface area (Å²) in [6.45, 7) is 0. The van der Waals surface area contributed by atoms with Gasteiger partial charge in [0, 0.05) is 25.3 Å². The Morgan fingerprint density at radius 3 is 2.88 bits per heavy atom. The third kappa shape index (κ3) is 1.56. The number of ether oxygens (including phenoxy) is 1. The summed E-state index contributed by atoms with van der Waals surface area (Å²) >= 11 is 0. The maximum atomic E-state index is 13.5. The first-order valence-electron chi connectivity index (χ1n) is 5.56. The van der Waals surface area contributed by atoms with Gasteiger partial charge in [0.2, 0.25) is 0 Å². The van der Waals surface area contributed by atoms with Gasteiger partial charge < -0.3 is 14.3 Å². The van der Waals surface area contributed by atoms with Gasteiger partial charge in [-0.15, -0.1) is 0 Å². The van der Waals surface area contributed by atoms with Gasteiger partial charge in [-0.05, 0) is 12.1 Å². The number of fused-ring (bicyclic) bond motifs is 1. The summed E-state index contributed by atoms with van der Waals surface area (Å²) in [7, 11) is 1.61. The average Bonchev–Trinajstić information content (AvgIpc) is 2.70. The highest BCUT2D eigenvalue weighted by Gasteiger charge is 2.47. The second-order valence-corrected chi connectivity index (χ2v) is 4.57. The average molecular weight is 236 g/mol. The molecule has 1 aliphatic carbocycles. The molecule has 1 saturated carbocycles. The molecule has 0 atom stereocenters. The summed E-state index contributed by atoms with van der Waals surface area (Å²) in [6.07, 6.45) is 1.04. The molecule has 0 bridgehead atoms. The van der Waals surface area contributed by atoms with Crippen LogP contribution in [0.25, 0.3) is 11.0 Å². The molecule has 1 heterocycles. The molecule has 0 amide bonds. The van der Waals surface area contributed by atoms with Crippen LogP contribution < -0.4 is 0 Å². The van der Waals surface area contributed by atoms with E-state index < -0.39 is 11.4 Å². The summed E-state index contributed by atoms with van der Waals surface area (Å²) in [5.41, 5.74) is -0.802. The summed E-state index contributed by atoms with van der Waals surface area (Å²) in [5, 5.41) is 11.0. The zero-order valence-corrected chi connectivity index (χ0v) is 9.44. The summed E-state index contributed by atoms with van der Waals surface area (Å²) < 4.78 is 24.0. The molecule has 0 spiro atoms. The van der Waals surface area contributed by atoms with Crippen molar-refractivity contribution in [3.63, 3.8) is 0 Å². The molecule has 4 heteroatoms. The van der Waals surface area contributed by atoms with Crippen LogP contribution in [0.15, 0.2) is 28.7 Å². The van der Waals surface area contributed by atoms with E-state index in [1.54, 1.807) is 25.3 Å². The molecule has 1 aliphatic rings. The quantitative estimate of drug-likeness (QED) is 0.871. The van der Waals surface area contributed by atoms with Gasteiger partial charge >= 0.3 is 0 Å². The first-order chi connectivity index (χ1) is 8.12. The first kappa shape index (κ1) is 10.7. The highest BCUT2D eigenvalue weighted by atomic mass is 19.1. The molecule has 3 nitrogen and oxygen atoms in total. The van der Waals surface area contributed by atoms with Crippen molar-refractivity contribution in [3.8, 4) is 0 Å². The van der Waals surface area contributed by atoms with Crippen molar-refractivity contribution >= 4 is 11.0 Å². The van der Waals surface area contributed by atoms with Gasteiger partial charge in [-0.2, -0.15) is 0 Å². The lowest BCUT2D eigenvalue weighted by atomic mass is 9.76. The Morgan fingerprint density at radius 2 is 2.24 bits per heavy atom. The zero-order valence-electron chi connectivity index (χ0n) is 9.44. The number of furan rings is 1. The lowest BCUT2D eigenvalue weighted by Crippen LogP contribution is -2.45. The van der Waals surface area contributed by atoms with E-state index in [-0.39, 0.29) is 11.7 Å². The lowest BCUT2D eigenvalue weighted by Gasteiger charge is -2.40. The molecular weight excluding hydrogens is 223 g/mol. The molecule has 2 aromatic rings.